The SMILES string of the molecule is Cc1ncsc1-c1ccc(CNC(=O)[C@H]2C[C@@H](O)CN2C(=O)[C@@H](N)C(C)(C)SC(c2ccccc2)(c2ccccc2)c2ccccc2)c(F)c1. The highest BCUT2D eigenvalue weighted by atomic mass is 32.2. The van der Waals surface area contributed by atoms with Crippen molar-refractivity contribution in [3.05, 3.63) is 148 Å². The predicted octanol–water partition coefficient (Wildman–Crippen LogP) is 6.67. The summed E-state index contributed by atoms with van der Waals surface area (Å²) in [5, 5.41) is 13.5. The molecule has 2 amide bonds. The fourth-order valence-corrected chi connectivity index (χ4v) is 9.23. The average molecular weight is 709 g/mol. The zero-order valence-corrected chi connectivity index (χ0v) is 29.9. The molecular weight excluding hydrogens is 668 g/mol. The van der Waals surface area contributed by atoms with Gasteiger partial charge in [0.1, 0.15) is 11.9 Å². The Labute approximate surface area is 300 Å². The minimum absolute atomic E-state index is 0.0240. The van der Waals surface area contributed by atoms with Crippen molar-refractivity contribution in [2.75, 3.05) is 6.54 Å². The molecule has 258 valence electrons. The third-order valence-corrected chi connectivity index (χ3v) is 12.1. The molecule has 0 saturated carbocycles. The number of rotatable bonds is 11. The van der Waals surface area contributed by atoms with E-state index in [4.69, 9.17) is 5.73 Å². The molecule has 7 nitrogen and oxygen atoms in total. The Morgan fingerprint density at radius 3 is 2.04 bits per heavy atom. The van der Waals surface area contributed by atoms with Crippen molar-refractivity contribution in [3.8, 4) is 10.4 Å². The fraction of sp³-hybridized carbons (Fsp3) is 0.275. The van der Waals surface area contributed by atoms with Gasteiger partial charge in [0.2, 0.25) is 11.8 Å². The number of nitrogens with two attached hydrogens (primary N) is 1. The van der Waals surface area contributed by atoms with Gasteiger partial charge in [0.25, 0.3) is 0 Å². The smallest absolute Gasteiger partial charge is 0.243 e. The van der Waals surface area contributed by atoms with Gasteiger partial charge in [-0.25, -0.2) is 9.37 Å². The zero-order chi connectivity index (χ0) is 35.5. The van der Waals surface area contributed by atoms with Crippen LogP contribution in [0.1, 0.15) is 48.2 Å². The van der Waals surface area contributed by atoms with Gasteiger partial charge in [-0.05, 0) is 49.1 Å². The highest BCUT2D eigenvalue weighted by molar-refractivity contribution is 8.02. The van der Waals surface area contributed by atoms with Gasteiger partial charge in [0, 0.05) is 29.8 Å². The van der Waals surface area contributed by atoms with E-state index in [2.05, 4.69) is 46.7 Å². The Morgan fingerprint density at radius 2 is 1.54 bits per heavy atom. The molecule has 0 spiro atoms. The van der Waals surface area contributed by atoms with Gasteiger partial charge in [0.15, 0.2) is 0 Å². The van der Waals surface area contributed by atoms with Crippen LogP contribution < -0.4 is 11.1 Å². The second-order valence-electron chi connectivity index (χ2n) is 13.1. The number of carbonyl (C=O) groups is 2. The number of aliphatic hydroxyl groups is 1. The summed E-state index contributed by atoms with van der Waals surface area (Å²) in [5.41, 5.74) is 13.6. The van der Waals surface area contributed by atoms with Crippen molar-refractivity contribution in [1.82, 2.24) is 15.2 Å². The highest BCUT2D eigenvalue weighted by Gasteiger charge is 2.49. The van der Waals surface area contributed by atoms with Gasteiger partial charge in [-0.3, -0.25) is 9.59 Å². The molecule has 50 heavy (non-hydrogen) atoms. The molecule has 1 aliphatic rings. The van der Waals surface area contributed by atoms with Gasteiger partial charge < -0.3 is 21.1 Å². The van der Waals surface area contributed by atoms with Crippen LogP contribution in [-0.4, -0.2) is 56.3 Å². The van der Waals surface area contributed by atoms with Gasteiger partial charge >= 0.3 is 0 Å². The molecule has 1 aromatic heterocycles. The Kier molecular flexibility index (Phi) is 10.5. The number of aromatic nitrogens is 1. The zero-order valence-electron chi connectivity index (χ0n) is 28.3. The summed E-state index contributed by atoms with van der Waals surface area (Å²) in [7, 11) is 0. The number of carbonyl (C=O) groups excluding carboxylic acids is 2. The fourth-order valence-electron chi connectivity index (χ4n) is 6.65. The molecule has 0 aliphatic carbocycles. The number of hydrogen-bond donors (Lipinski definition) is 3. The van der Waals surface area contributed by atoms with Crippen LogP contribution in [0.15, 0.2) is 115 Å². The largest absolute Gasteiger partial charge is 0.391 e. The van der Waals surface area contributed by atoms with E-state index in [1.54, 1.807) is 29.4 Å². The maximum absolute atomic E-state index is 15.1. The van der Waals surface area contributed by atoms with Crippen LogP contribution in [0.4, 0.5) is 4.39 Å². The molecule has 0 radical (unpaired) electrons. The summed E-state index contributed by atoms with van der Waals surface area (Å²) in [6, 6.07) is 33.4. The number of nitrogens with zero attached hydrogens (tertiary/aromatic N) is 2. The third-order valence-electron chi connectivity index (χ3n) is 9.35. The van der Waals surface area contributed by atoms with Crippen LogP contribution in [0, 0.1) is 12.7 Å². The van der Waals surface area contributed by atoms with E-state index >= 15 is 4.39 Å². The quantitative estimate of drug-likeness (QED) is 0.132. The topological polar surface area (TPSA) is 109 Å². The standard InChI is InChI=1S/C40H41FN4O3S2/c1-26-35(49-25-44-26)27-19-20-28(33(41)21-27)23-43-37(47)34-22-32(46)24-45(34)38(48)36(42)39(2,3)50-40(29-13-7-4-8-14-29,30-15-9-5-10-16-30)31-17-11-6-12-18-31/h4-21,25,32,34,36,46H,22-24,42H2,1-3H3,(H,43,47)/t32-,34-,36-/m1/s1. The summed E-state index contributed by atoms with van der Waals surface area (Å²) in [6.45, 7) is 5.68. The van der Waals surface area contributed by atoms with Gasteiger partial charge in [-0.15, -0.1) is 23.1 Å². The minimum Gasteiger partial charge on any atom is -0.391 e. The van der Waals surface area contributed by atoms with E-state index < -0.39 is 45.3 Å². The molecule has 0 unspecified atom stereocenters. The first-order chi connectivity index (χ1) is 24.0. The number of nitrogens with one attached hydrogen (secondary N) is 1. The van der Waals surface area contributed by atoms with Gasteiger partial charge in [0.05, 0.1) is 33.0 Å². The van der Waals surface area contributed by atoms with Crippen LogP contribution in [0.25, 0.3) is 10.4 Å². The molecule has 3 atom stereocenters. The summed E-state index contributed by atoms with van der Waals surface area (Å²) in [6.07, 6.45) is -0.834. The Balaban J connectivity index is 1.24. The van der Waals surface area contributed by atoms with E-state index in [0.29, 0.717) is 5.56 Å². The summed E-state index contributed by atoms with van der Waals surface area (Å²) in [5.74, 6) is -1.35. The van der Waals surface area contributed by atoms with Crippen LogP contribution in [-0.2, 0) is 20.9 Å². The average Bonchev–Trinajstić information content (AvgIpc) is 3.75. The number of thiazole rings is 1. The minimum atomic E-state index is -1.04. The van der Waals surface area contributed by atoms with Crippen molar-refractivity contribution in [1.29, 1.82) is 0 Å². The lowest BCUT2D eigenvalue weighted by Gasteiger charge is -2.44. The molecule has 0 bridgehead atoms. The highest BCUT2D eigenvalue weighted by Crippen LogP contribution is 2.54. The molecular formula is C40H41FN4O3S2. The van der Waals surface area contributed by atoms with E-state index in [0.717, 1.165) is 32.8 Å². The van der Waals surface area contributed by atoms with Crippen LogP contribution in [0.3, 0.4) is 0 Å². The Morgan fingerprint density at radius 1 is 0.980 bits per heavy atom. The number of hydrogen-bond acceptors (Lipinski definition) is 7. The lowest BCUT2D eigenvalue weighted by molar-refractivity contribution is -0.140. The van der Waals surface area contributed by atoms with Crippen LogP contribution in [0.5, 0.6) is 0 Å². The van der Waals surface area contributed by atoms with E-state index in [1.165, 1.54) is 22.3 Å². The first-order valence-electron chi connectivity index (χ1n) is 16.6. The number of β-amino-alcohol motifs (C(OH)–C–C–N with tert-alkyl or cyclic N) is 1. The maximum Gasteiger partial charge on any atom is 0.243 e. The Hall–Kier alpha value is -4.35. The predicted molar refractivity (Wildman–Crippen MR) is 199 cm³/mol. The molecule has 5 aromatic rings. The lowest BCUT2D eigenvalue weighted by Crippen LogP contribution is -2.57. The number of thioether (sulfide) groups is 1. The number of likely N-dealkylation sites (tertiary alicyclic amines) is 1. The summed E-state index contributed by atoms with van der Waals surface area (Å²) < 4.78 is 13.5. The maximum atomic E-state index is 15.1. The van der Waals surface area contributed by atoms with Crippen molar-refractivity contribution in [2.45, 2.75) is 61.4 Å². The van der Waals surface area contributed by atoms with Crippen LogP contribution in [0.2, 0.25) is 0 Å². The molecule has 1 fully saturated rings. The van der Waals surface area contributed by atoms with Crippen molar-refractivity contribution >= 4 is 34.9 Å². The molecule has 4 aromatic carbocycles. The third kappa shape index (κ3) is 7.11. The number of aryl methyl sites for hydroxylation is 1. The van der Waals surface area contributed by atoms with Gasteiger partial charge in [-0.2, -0.15) is 0 Å². The van der Waals surface area contributed by atoms with Gasteiger partial charge in [-0.1, -0.05) is 103 Å². The monoisotopic (exact) mass is 708 g/mol. The number of aliphatic hydroxyl groups excluding tert-OH is 1. The van der Waals surface area contributed by atoms with E-state index in [1.807, 2.05) is 75.4 Å². The summed E-state index contributed by atoms with van der Waals surface area (Å²) in [4.78, 5) is 34.3. The Bertz CT molecular complexity index is 1840. The second-order valence-corrected chi connectivity index (χ2v) is 15.9. The van der Waals surface area contributed by atoms with E-state index in [9.17, 15) is 14.7 Å². The number of amides is 2. The molecule has 1 aliphatic heterocycles. The molecule has 6 rings (SSSR count). The normalized spacial score (nSPS) is 17.0. The van der Waals surface area contributed by atoms with Crippen molar-refractivity contribution in [3.63, 3.8) is 0 Å². The van der Waals surface area contributed by atoms with Crippen molar-refractivity contribution < 1.29 is 19.1 Å². The van der Waals surface area contributed by atoms with E-state index in [-0.39, 0.29) is 19.5 Å². The number of benzene rings is 4. The molecule has 10 heteroatoms. The molecule has 2 heterocycles. The second kappa shape index (κ2) is 14.9. The first-order valence-corrected chi connectivity index (χ1v) is 18.3. The molecule has 1 saturated heterocycles. The first kappa shape index (κ1) is 35.5. The van der Waals surface area contributed by atoms with Crippen LogP contribution >= 0.6 is 23.1 Å². The van der Waals surface area contributed by atoms with Crippen molar-refractivity contribution in [2.24, 2.45) is 5.73 Å². The number of halogens is 1. The summed E-state index contributed by atoms with van der Waals surface area (Å²) >= 11 is 3.03. The molecule has 4 N–H and O–H groups in total. The lowest BCUT2D eigenvalue weighted by atomic mass is 9.84.